The van der Waals surface area contributed by atoms with Crippen LogP contribution in [0.5, 0.6) is 5.75 Å². The molecule has 1 amide bonds. The zero-order valence-electron chi connectivity index (χ0n) is 15.9. The Morgan fingerprint density at radius 2 is 1.89 bits per heavy atom. The van der Waals surface area contributed by atoms with Crippen LogP contribution in [0.2, 0.25) is 0 Å². The largest absolute Gasteiger partial charge is 0.497 e. The highest BCUT2D eigenvalue weighted by atomic mass is 32.1. The molecule has 9 heteroatoms. The molecular weight excluding hydrogens is 384 g/mol. The number of thiazole rings is 1. The lowest BCUT2D eigenvalue weighted by atomic mass is 10.0. The molecule has 0 saturated heterocycles. The molecule has 0 aliphatic carbocycles. The van der Waals surface area contributed by atoms with Crippen molar-refractivity contribution in [2.24, 2.45) is 0 Å². The molecule has 0 spiro atoms. The second-order valence-corrected chi connectivity index (χ2v) is 6.61. The number of nitrogens with zero attached hydrogens (tertiary/aromatic N) is 1. The summed E-state index contributed by atoms with van der Waals surface area (Å²) in [6.45, 7) is 3.29. The number of rotatable bonds is 9. The summed E-state index contributed by atoms with van der Waals surface area (Å²) in [5, 5.41) is 4.58. The third kappa shape index (κ3) is 6.34. The van der Waals surface area contributed by atoms with Crippen molar-refractivity contribution in [3.05, 3.63) is 45.9 Å². The van der Waals surface area contributed by atoms with Crippen molar-refractivity contribution in [3.8, 4) is 5.75 Å². The van der Waals surface area contributed by atoms with Gasteiger partial charge < -0.3 is 19.5 Å². The zero-order valence-corrected chi connectivity index (χ0v) is 16.7. The van der Waals surface area contributed by atoms with Crippen molar-refractivity contribution in [2.45, 2.75) is 32.9 Å². The lowest BCUT2D eigenvalue weighted by Crippen LogP contribution is -2.28. The predicted octanol–water partition coefficient (Wildman–Crippen LogP) is 2.64. The average molecular weight is 406 g/mol. The van der Waals surface area contributed by atoms with Crippen LogP contribution in [0.25, 0.3) is 0 Å². The van der Waals surface area contributed by atoms with E-state index in [2.05, 4.69) is 10.3 Å². The summed E-state index contributed by atoms with van der Waals surface area (Å²) >= 11 is 1.13. The summed E-state index contributed by atoms with van der Waals surface area (Å²) in [5.41, 5.74) is 1.22. The number of aromatic nitrogens is 1. The van der Waals surface area contributed by atoms with Gasteiger partial charge in [-0.2, -0.15) is 0 Å². The standard InChI is InChI=1S/C19H22N2O6S/c1-4-26-19(24)18-21-14(11-28-18)10-27-17(23)9-16(20-12(2)22)13-5-7-15(25-3)8-6-13/h5-8,11,16H,4,9-10H2,1-3H3,(H,20,22). The monoisotopic (exact) mass is 406 g/mol. The van der Waals surface area contributed by atoms with Crippen LogP contribution in [0.4, 0.5) is 0 Å². The molecule has 0 aliphatic rings. The van der Waals surface area contributed by atoms with Crippen LogP contribution in [0, 0.1) is 0 Å². The molecule has 8 nitrogen and oxygen atoms in total. The first kappa shape index (κ1) is 21.4. The van der Waals surface area contributed by atoms with E-state index in [1.54, 1.807) is 43.7 Å². The van der Waals surface area contributed by atoms with Crippen molar-refractivity contribution >= 4 is 29.2 Å². The van der Waals surface area contributed by atoms with Crippen LogP contribution >= 0.6 is 11.3 Å². The number of ether oxygens (including phenoxy) is 3. The predicted molar refractivity (Wildman–Crippen MR) is 102 cm³/mol. The number of carbonyl (C=O) groups excluding carboxylic acids is 3. The molecule has 0 bridgehead atoms. The van der Waals surface area contributed by atoms with Gasteiger partial charge in [-0.1, -0.05) is 12.1 Å². The first-order valence-electron chi connectivity index (χ1n) is 8.61. The van der Waals surface area contributed by atoms with Crippen LogP contribution in [-0.4, -0.2) is 36.5 Å². The molecule has 1 aromatic heterocycles. The Morgan fingerprint density at radius 3 is 2.50 bits per heavy atom. The van der Waals surface area contributed by atoms with Crippen molar-refractivity contribution in [3.63, 3.8) is 0 Å². The number of benzene rings is 1. The molecule has 1 N–H and O–H groups in total. The van der Waals surface area contributed by atoms with Gasteiger partial charge in [-0.15, -0.1) is 11.3 Å². The van der Waals surface area contributed by atoms with E-state index in [9.17, 15) is 14.4 Å². The van der Waals surface area contributed by atoms with Gasteiger partial charge in [-0.05, 0) is 24.6 Å². The Hall–Kier alpha value is -2.94. The summed E-state index contributed by atoms with van der Waals surface area (Å²) < 4.78 is 15.2. The fourth-order valence-corrected chi connectivity index (χ4v) is 3.07. The fraction of sp³-hybridized carbons (Fsp3) is 0.368. The van der Waals surface area contributed by atoms with Gasteiger partial charge in [0.2, 0.25) is 10.9 Å². The number of carbonyl (C=O) groups is 3. The van der Waals surface area contributed by atoms with E-state index in [1.807, 2.05) is 0 Å². The molecule has 1 aromatic carbocycles. The van der Waals surface area contributed by atoms with Crippen molar-refractivity contribution in [1.82, 2.24) is 10.3 Å². The summed E-state index contributed by atoms with van der Waals surface area (Å²) in [6, 6.07) is 6.53. The molecule has 0 fully saturated rings. The number of hydrogen-bond donors (Lipinski definition) is 1. The molecule has 2 aromatic rings. The van der Waals surface area contributed by atoms with E-state index in [0.717, 1.165) is 16.9 Å². The highest BCUT2D eigenvalue weighted by molar-refractivity contribution is 7.11. The minimum atomic E-state index is -0.526. The minimum absolute atomic E-state index is 0.0409. The molecule has 1 heterocycles. The Kier molecular flexibility index (Phi) is 7.94. The first-order chi connectivity index (χ1) is 13.4. The Morgan fingerprint density at radius 1 is 1.18 bits per heavy atom. The summed E-state index contributed by atoms with van der Waals surface area (Å²) in [6.07, 6.45) is -0.0409. The maximum Gasteiger partial charge on any atom is 0.367 e. The number of methoxy groups -OCH3 is 1. The number of amides is 1. The van der Waals surface area contributed by atoms with Gasteiger partial charge in [0, 0.05) is 12.3 Å². The smallest absolute Gasteiger partial charge is 0.367 e. The van der Waals surface area contributed by atoms with Gasteiger partial charge in [0.1, 0.15) is 12.4 Å². The molecule has 1 unspecified atom stereocenters. The topological polar surface area (TPSA) is 104 Å². The molecular formula is C19H22N2O6S. The quantitative estimate of drug-likeness (QED) is 0.639. The van der Waals surface area contributed by atoms with E-state index in [4.69, 9.17) is 14.2 Å². The van der Waals surface area contributed by atoms with Crippen molar-refractivity contribution in [2.75, 3.05) is 13.7 Å². The second-order valence-electron chi connectivity index (χ2n) is 5.76. The first-order valence-corrected chi connectivity index (χ1v) is 9.49. The van der Waals surface area contributed by atoms with E-state index >= 15 is 0 Å². The van der Waals surface area contributed by atoms with Gasteiger partial charge in [0.15, 0.2) is 0 Å². The van der Waals surface area contributed by atoms with Crippen LogP contribution < -0.4 is 10.1 Å². The SMILES string of the molecule is CCOC(=O)c1nc(COC(=O)CC(NC(C)=O)c2ccc(OC)cc2)cs1. The van der Waals surface area contributed by atoms with Crippen LogP contribution in [0.3, 0.4) is 0 Å². The maximum atomic E-state index is 12.2. The van der Waals surface area contributed by atoms with Gasteiger partial charge in [0.25, 0.3) is 0 Å². The number of esters is 2. The number of nitrogens with one attached hydrogen (secondary N) is 1. The third-order valence-electron chi connectivity index (χ3n) is 3.65. The minimum Gasteiger partial charge on any atom is -0.497 e. The Balaban J connectivity index is 1.95. The van der Waals surface area contributed by atoms with E-state index in [0.29, 0.717) is 11.4 Å². The molecule has 1 atom stereocenters. The lowest BCUT2D eigenvalue weighted by Gasteiger charge is -2.18. The molecule has 150 valence electrons. The zero-order chi connectivity index (χ0) is 20.5. The molecule has 2 rings (SSSR count). The Labute approximate surface area is 166 Å². The van der Waals surface area contributed by atoms with Gasteiger partial charge in [0.05, 0.1) is 31.9 Å². The van der Waals surface area contributed by atoms with Gasteiger partial charge in [-0.25, -0.2) is 9.78 Å². The van der Waals surface area contributed by atoms with Crippen LogP contribution in [0.15, 0.2) is 29.6 Å². The second kappa shape index (κ2) is 10.4. The Bertz CT molecular complexity index is 818. The third-order valence-corrected chi connectivity index (χ3v) is 4.52. The highest BCUT2D eigenvalue weighted by Crippen LogP contribution is 2.21. The number of hydrogen-bond acceptors (Lipinski definition) is 8. The van der Waals surface area contributed by atoms with Crippen LogP contribution in [-0.2, 0) is 25.7 Å². The van der Waals surface area contributed by atoms with E-state index < -0.39 is 18.0 Å². The van der Waals surface area contributed by atoms with Gasteiger partial charge in [-0.3, -0.25) is 9.59 Å². The summed E-state index contributed by atoms with van der Waals surface area (Å²) in [5.74, 6) is -0.586. The molecule has 0 aliphatic heterocycles. The molecule has 0 radical (unpaired) electrons. The average Bonchev–Trinajstić information content (AvgIpc) is 3.15. The summed E-state index contributed by atoms with van der Waals surface area (Å²) in [7, 11) is 1.56. The molecule has 28 heavy (non-hydrogen) atoms. The van der Waals surface area contributed by atoms with Crippen molar-refractivity contribution in [1.29, 1.82) is 0 Å². The normalized spacial score (nSPS) is 11.4. The highest BCUT2D eigenvalue weighted by Gasteiger charge is 2.19. The van der Waals surface area contributed by atoms with E-state index in [-0.39, 0.29) is 30.5 Å². The molecule has 0 saturated carbocycles. The van der Waals surface area contributed by atoms with Gasteiger partial charge >= 0.3 is 11.9 Å². The maximum absolute atomic E-state index is 12.2. The lowest BCUT2D eigenvalue weighted by molar-refractivity contribution is -0.145. The summed E-state index contributed by atoms with van der Waals surface area (Å²) in [4.78, 5) is 39.4. The fourth-order valence-electron chi connectivity index (χ4n) is 2.37. The van der Waals surface area contributed by atoms with Crippen LogP contribution in [0.1, 0.15) is 47.4 Å². The van der Waals surface area contributed by atoms with E-state index in [1.165, 1.54) is 6.92 Å². The van der Waals surface area contributed by atoms with Crippen molar-refractivity contribution < 1.29 is 28.6 Å².